The Bertz CT molecular complexity index is 1030. The molecule has 110 valence electrons. The van der Waals surface area contributed by atoms with Gasteiger partial charge in [-0.15, -0.1) is 0 Å². The summed E-state index contributed by atoms with van der Waals surface area (Å²) in [6.07, 6.45) is -0.0961. The number of H-pyrrole nitrogens is 1. The summed E-state index contributed by atoms with van der Waals surface area (Å²) in [7, 11) is -0.527. The van der Waals surface area contributed by atoms with E-state index >= 15 is 0 Å². The van der Waals surface area contributed by atoms with Crippen LogP contribution in [0.3, 0.4) is 0 Å². The predicted octanol–water partition coefficient (Wildman–Crippen LogP) is 1.32. The van der Waals surface area contributed by atoms with E-state index in [1.807, 2.05) is 0 Å². The lowest BCUT2D eigenvalue weighted by atomic mass is 10.1. The molecule has 0 unspecified atom stereocenters. The average Bonchev–Trinajstić information content (AvgIpc) is 2.82. The number of aromatic amines is 1. The topological polar surface area (TPSA) is 65.2 Å². The van der Waals surface area contributed by atoms with Crippen LogP contribution in [0.1, 0.15) is 19.4 Å². The molecule has 2 N–H and O–H groups in total. The van der Waals surface area contributed by atoms with E-state index < -0.39 is 39.4 Å². The predicted molar refractivity (Wildman–Crippen MR) is 82.2 cm³/mol. The minimum absolute atomic E-state index is 0.0851. The second kappa shape index (κ2) is 5.95. The number of rotatable bonds is 6. The van der Waals surface area contributed by atoms with E-state index in [0.29, 0.717) is 11.5 Å². The summed E-state index contributed by atoms with van der Waals surface area (Å²) >= 11 is 0. The smallest absolute Gasteiger partial charge is 0.215 e. The highest BCUT2D eigenvalue weighted by molar-refractivity contribution is 7.88. The van der Waals surface area contributed by atoms with Gasteiger partial charge in [-0.05, 0) is 50.8 Å². The molecule has 0 aliphatic rings. The molecule has 0 saturated carbocycles. The second-order valence-corrected chi connectivity index (χ2v) is 6.01. The van der Waals surface area contributed by atoms with Crippen molar-refractivity contribution >= 4 is 20.9 Å². The second-order valence-electron chi connectivity index (χ2n) is 4.49. The number of likely N-dealkylation sites (N-methyl/N-ethyl adjacent to an activating group) is 1. The number of hydrogen-bond acceptors (Lipinski definition) is 3. The van der Waals surface area contributed by atoms with Crippen molar-refractivity contribution in [1.29, 1.82) is 0 Å². The third kappa shape index (κ3) is 3.59. The minimum Gasteiger partial charge on any atom is -0.361 e. The van der Waals surface area contributed by atoms with E-state index in [9.17, 15) is 8.42 Å². The van der Waals surface area contributed by atoms with Crippen LogP contribution < -0.4 is 4.72 Å². The van der Waals surface area contributed by atoms with Crippen LogP contribution in [0.15, 0.2) is 24.3 Å². The molecule has 0 saturated heterocycles. The molecule has 1 aromatic heterocycles. The molecule has 20 heavy (non-hydrogen) atoms. The van der Waals surface area contributed by atoms with Crippen molar-refractivity contribution in [3.05, 3.63) is 35.4 Å². The zero-order valence-corrected chi connectivity index (χ0v) is 12.3. The van der Waals surface area contributed by atoms with Gasteiger partial charge in [-0.3, -0.25) is 0 Å². The lowest BCUT2D eigenvalue weighted by Gasteiger charge is -2.08. The monoisotopic (exact) mass is 303 g/mol. The van der Waals surface area contributed by atoms with Gasteiger partial charge in [0.1, 0.15) is 1.41 Å². The van der Waals surface area contributed by atoms with E-state index in [0.717, 1.165) is 7.05 Å². The van der Waals surface area contributed by atoms with Gasteiger partial charge in [0.2, 0.25) is 10.0 Å². The Kier molecular flexibility index (Phi) is 2.26. The molecule has 1 heterocycles. The van der Waals surface area contributed by atoms with Crippen LogP contribution in [0.5, 0.6) is 0 Å². The Morgan fingerprint density at radius 1 is 1.55 bits per heavy atom. The van der Waals surface area contributed by atoms with Crippen molar-refractivity contribution in [1.82, 2.24) is 14.6 Å². The molecule has 5 nitrogen and oxygen atoms in total. The molecule has 0 bridgehead atoms. The Balaban J connectivity index is 2.97. The van der Waals surface area contributed by atoms with E-state index in [4.69, 9.17) is 11.0 Å². The fourth-order valence-corrected chi connectivity index (χ4v) is 2.07. The largest absolute Gasteiger partial charge is 0.361 e. The van der Waals surface area contributed by atoms with Crippen LogP contribution >= 0.6 is 0 Å². The minimum atomic E-state index is -4.90. The summed E-state index contributed by atoms with van der Waals surface area (Å²) in [5.74, 6) is 0. The first kappa shape index (κ1) is 7.59. The summed E-state index contributed by atoms with van der Waals surface area (Å²) < 4.78 is 88.8. The third-order valence-electron chi connectivity index (χ3n) is 2.68. The Morgan fingerprint density at radius 2 is 2.30 bits per heavy atom. The molecule has 0 aliphatic carbocycles. The molecule has 0 spiro atoms. The Labute approximate surface area is 131 Å². The molecule has 1 aromatic carbocycles. The normalized spacial score (nSPS) is 19.1. The van der Waals surface area contributed by atoms with Gasteiger partial charge < -0.3 is 9.88 Å². The van der Waals surface area contributed by atoms with Crippen LogP contribution in [-0.2, 0) is 22.1 Å². The summed E-state index contributed by atoms with van der Waals surface area (Å²) in [6, 6.07) is -2.18. The zero-order valence-electron chi connectivity index (χ0n) is 19.5. The van der Waals surface area contributed by atoms with Gasteiger partial charge in [-0.1, -0.05) is 6.04 Å². The summed E-state index contributed by atoms with van der Waals surface area (Å²) in [5.41, 5.74) is -4.20. The first-order valence-corrected chi connectivity index (χ1v) is 7.37. The number of nitrogens with zero attached hydrogens (tertiary/aromatic N) is 1. The third-order valence-corrected chi connectivity index (χ3v) is 3.62. The lowest BCUT2D eigenvalue weighted by molar-refractivity contribution is 0.414. The van der Waals surface area contributed by atoms with Crippen molar-refractivity contribution in [3.8, 4) is 0 Å². The zero-order chi connectivity index (χ0) is 21.8. The first-order valence-electron chi connectivity index (χ1n) is 9.82. The Morgan fingerprint density at radius 3 is 2.95 bits per heavy atom. The van der Waals surface area contributed by atoms with Crippen LogP contribution in [0, 0.1) is 0 Å². The fourth-order valence-electron chi connectivity index (χ4n) is 1.62. The number of fused-ring (bicyclic) bond motifs is 1. The molecule has 0 atom stereocenters. The van der Waals surface area contributed by atoms with Gasteiger partial charge in [0, 0.05) is 26.4 Å². The van der Waals surface area contributed by atoms with E-state index in [1.165, 1.54) is 0 Å². The van der Waals surface area contributed by atoms with Gasteiger partial charge in [-0.25, -0.2) is 13.1 Å². The fraction of sp³-hybridized carbons (Fsp3) is 0.429. The molecule has 2 rings (SSSR count). The van der Waals surface area contributed by atoms with Gasteiger partial charge in [0.15, 0.2) is 1.41 Å². The maximum Gasteiger partial charge on any atom is 0.215 e. The van der Waals surface area contributed by atoms with Gasteiger partial charge in [0.25, 0.3) is 0 Å². The van der Waals surface area contributed by atoms with E-state index in [2.05, 4.69) is 0 Å². The van der Waals surface area contributed by atoms with Crippen molar-refractivity contribution in [3.63, 3.8) is 0 Å². The number of benzene rings is 1. The first-order chi connectivity index (χ1) is 12.7. The SMILES string of the molecule is [2H]c1c(C([2H])([2H])S(=O)(=O)N([2H])C)c([2H])c2c(CCN(C)C)c([2H])n([2H])c2c1[2H]. The summed E-state index contributed by atoms with van der Waals surface area (Å²) in [6.45, 7) is 0.441. The van der Waals surface area contributed by atoms with Crippen molar-refractivity contribution < 1.29 is 19.5 Å². The van der Waals surface area contributed by atoms with Crippen molar-refractivity contribution in [2.24, 2.45) is 0 Å². The highest BCUT2D eigenvalue weighted by Crippen LogP contribution is 2.21. The highest BCUT2D eigenvalue weighted by atomic mass is 32.2. The number of hydrogen-bond donors (Lipinski definition) is 2. The van der Waals surface area contributed by atoms with E-state index in [1.54, 1.807) is 19.0 Å². The number of aromatic nitrogens is 1. The van der Waals surface area contributed by atoms with Gasteiger partial charge >= 0.3 is 0 Å². The molecular weight excluding hydrogens is 274 g/mol. The molecule has 6 heteroatoms. The molecule has 0 aliphatic heterocycles. The van der Waals surface area contributed by atoms with Crippen molar-refractivity contribution in [2.75, 3.05) is 27.7 Å². The van der Waals surface area contributed by atoms with Crippen molar-refractivity contribution in [2.45, 2.75) is 12.1 Å². The average molecular weight is 303 g/mol. The maximum atomic E-state index is 12.3. The lowest BCUT2D eigenvalue weighted by Crippen LogP contribution is -2.20. The standard InChI is InChI=1S/C14H21N3O2S/c1-15-20(18,19)10-11-4-5-14-13(8-11)12(9-16-14)6-7-17(2)3/h4-5,8-9,15-16H,6-7,10H2,1-3H3/i4D,5D,8D,9D,10D2/hD2. The molecule has 0 amide bonds. The highest BCUT2D eigenvalue weighted by Gasteiger charge is 2.11. The summed E-state index contributed by atoms with van der Waals surface area (Å²) in [4.78, 5) is 2.40. The van der Waals surface area contributed by atoms with Gasteiger partial charge in [0.05, 0.1) is 11.2 Å². The number of nitrogens with one attached hydrogen (secondary N) is 2. The van der Waals surface area contributed by atoms with Crippen LogP contribution in [0.25, 0.3) is 10.9 Å². The quantitative estimate of drug-likeness (QED) is 0.846. The van der Waals surface area contributed by atoms with Crippen LogP contribution in [-0.4, -0.2) is 46.0 Å². The summed E-state index contributed by atoms with van der Waals surface area (Å²) in [5, 5.41) is -0.0930. The van der Waals surface area contributed by atoms with E-state index in [-0.39, 0.29) is 33.8 Å². The molecular formula is C14H21N3O2S. The molecule has 0 fully saturated rings. The Hall–Kier alpha value is -1.37. The maximum absolute atomic E-state index is 12.3. The molecule has 0 radical (unpaired) electrons. The van der Waals surface area contributed by atoms with Gasteiger partial charge in [-0.2, -0.15) is 0 Å². The van der Waals surface area contributed by atoms with Crippen LogP contribution in [0.4, 0.5) is 0 Å². The molecule has 2 aromatic rings. The number of sulfonamides is 1. The van der Waals surface area contributed by atoms with Crippen LogP contribution in [0.2, 0.25) is 2.82 Å².